The Hall–Kier alpha value is -0.600. The Bertz CT molecular complexity index is 661. The van der Waals surface area contributed by atoms with E-state index in [0.717, 1.165) is 11.8 Å². The van der Waals surface area contributed by atoms with Crippen molar-refractivity contribution in [3.8, 4) is 0 Å². The van der Waals surface area contributed by atoms with Gasteiger partial charge in [-0.05, 0) is 97.9 Å². The van der Waals surface area contributed by atoms with Crippen molar-refractivity contribution < 1.29 is 0 Å². The highest BCUT2D eigenvalue weighted by atomic mass is 14.8. The molecule has 5 rings (SSSR count). The molecule has 0 saturated heterocycles. The average molecular weight is 341 g/mol. The molecule has 0 aromatic heterocycles. The van der Waals surface area contributed by atoms with Crippen molar-refractivity contribution in [1.29, 1.82) is 0 Å². The van der Waals surface area contributed by atoms with Crippen molar-refractivity contribution in [2.45, 2.75) is 84.2 Å². The molecule has 0 aliphatic heterocycles. The highest BCUT2D eigenvalue weighted by Gasteiger charge is 2.70. The molecular formula is C23H36N2. The molecule has 5 aliphatic carbocycles. The summed E-state index contributed by atoms with van der Waals surface area (Å²) in [4.78, 5) is 0. The molecule has 2 heteroatoms. The topological polar surface area (TPSA) is 52.0 Å². The number of allylic oxidation sites excluding steroid dienone is 4. The maximum Gasteiger partial charge on any atom is 0.0105 e. The monoisotopic (exact) mass is 340 g/mol. The van der Waals surface area contributed by atoms with Gasteiger partial charge in [-0.25, -0.2) is 0 Å². The summed E-state index contributed by atoms with van der Waals surface area (Å²) in [5.41, 5.74) is 17.7. The zero-order valence-corrected chi connectivity index (χ0v) is 16.4. The lowest BCUT2D eigenvalue weighted by molar-refractivity contribution is 0.0945. The van der Waals surface area contributed by atoms with E-state index in [1.807, 2.05) is 0 Å². The lowest BCUT2D eigenvalue weighted by Crippen LogP contribution is -2.42. The van der Waals surface area contributed by atoms with Crippen molar-refractivity contribution in [1.82, 2.24) is 0 Å². The van der Waals surface area contributed by atoms with E-state index in [2.05, 4.69) is 32.9 Å². The quantitative estimate of drug-likeness (QED) is 0.736. The molecule has 0 aromatic carbocycles. The Kier molecular flexibility index (Phi) is 3.32. The van der Waals surface area contributed by atoms with Crippen molar-refractivity contribution in [2.75, 3.05) is 0 Å². The number of fused-ring (bicyclic) bond motifs is 3. The fraction of sp³-hybridized carbons (Fsp3) is 0.826. The van der Waals surface area contributed by atoms with Gasteiger partial charge < -0.3 is 11.5 Å². The second-order valence-electron chi connectivity index (χ2n) is 10.7. The fourth-order valence-electron chi connectivity index (χ4n) is 8.14. The van der Waals surface area contributed by atoms with Crippen LogP contribution in [0.2, 0.25) is 0 Å². The van der Waals surface area contributed by atoms with Crippen LogP contribution in [0, 0.1) is 34.0 Å². The molecule has 8 atom stereocenters. The summed E-state index contributed by atoms with van der Waals surface area (Å²) >= 11 is 0. The molecule has 0 heterocycles. The minimum Gasteiger partial charge on any atom is -0.328 e. The van der Waals surface area contributed by atoms with Crippen LogP contribution in [0.1, 0.15) is 72.1 Å². The lowest BCUT2D eigenvalue weighted by Gasteiger charge is -2.45. The molecule has 3 saturated carbocycles. The van der Waals surface area contributed by atoms with Crippen LogP contribution in [0.15, 0.2) is 23.3 Å². The summed E-state index contributed by atoms with van der Waals surface area (Å²) in [6, 6.07) is 0.748. The van der Waals surface area contributed by atoms with Gasteiger partial charge in [-0.1, -0.05) is 31.6 Å². The van der Waals surface area contributed by atoms with Crippen LogP contribution in [0.3, 0.4) is 0 Å². The molecule has 0 aromatic rings. The van der Waals surface area contributed by atoms with E-state index in [4.69, 9.17) is 11.5 Å². The average Bonchev–Trinajstić information content (AvgIpc) is 3.10. The molecule has 25 heavy (non-hydrogen) atoms. The van der Waals surface area contributed by atoms with Gasteiger partial charge in [-0.3, -0.25) is 0 Å². The first-order valence-corrected chi connectivity index (χ1v) is 10.7. The smallest absolute Gasteiger partial charge is 0.0105 e. The first-order chi connectivity index (χ1) is 11.8. The van der Waals surface area contributed by atoms with Gasteiger partial charge in [0.25, 0.3) is 0 Å². The van der Waals surface area contributed by atoms with Gasteiger partial charge in [0, 0.05) is 12.1 Å². The molecule has 2 nitrogen and oxygen atoms in total. The van der Waals surface area contributed by atoms with Crippen LogP contribution >= 0.6 is 0 Å². The molecule has 0 radical (unpaired) electrons. The highest BCUT2D eigenvalue weighted by molar-refractivity contribution is 5.43. The van der Waals surface area contributed by atoms with Crippen LogP contribution in [-0.2, 0) is 0 Å². The van der Waals surface area contributed by atoms with Crippen molar-refractivity contribution in [2.24, 2.45) is 45.5 Å². The minimum atomic E-state index is 0.333. The Labute approximate surface area is 153 Å². The Morgan fingerprint density at radius 1 is 1.16 bits per heavy atom. The SMILES string of the molecule is C[C@H](N)[C@H]1CC[C@H]2[C@@H]3CC[C@@]45C[C@@]4(C)[C@@H](N)CCC5=CC3=CC[C@]12C. The Morgan fingerprint density at radius 2 is 1.96 bits per heavy atom. The summed E-state index contributed by atoms with van der Waals surface area (Å²) in [5, 5.41) is 0. The van der Waals surface area contributed by atoms with E-state index in [1.54, 1.807) is 11.1 Å². The molecule has 0 amide bonds. The number of hydrogen-bond donors (Lipinski definition) is 2. The molecule has 0 unspecified atom stereocenters. The molecule has 0 bridgehead atoms. The Morgan fingerprint density at radius 3 is 2.72 bits per heavy atom. The highest BCUT2D eigenvalue weighted by Crippen LogP contribution is 2.76. The van der Waals surface area contributed by atoms with Gasteiger partial charge in [0.15, 0.2) is 0 Å². The summed E-state index contributed by atoms with van der Waals surface area (Å²) in [6.07, 6.45) is 15.8. The zero-order valence-electron chi connectivity index (χ0n) is 16.4. The summed E-state index contributed by atoms with van der Waals surface area (Å²) in [7, 11) is 0. The molecule has 5 aliphatic rings. The van der Waals surface area contributed by atoms with Crippen LogP contribution in [-0.4, -0.2) is 12.1 Å². The first kappa shape index (κ1) is 16.6. The van der Waals surface area contributed by atoms with Gasteiger partial charge in [-0.2, -0.15) is 0 Å². The second kappa shape index (κ2) is 5.01. The summed E-state index contributed by atoms with van der Waals surface area (Å²) in [6.45, 7) is 7.25. The zero-order chi connectivity index (χ0) is 17.6. The van der Waals surface area contributed by atoms with Gasteiger partial charge in [0.1, 0.15) is 0 Å². The second-order valence-corrected chi connectivity index (χ2v) is 10.7. The van der Waals surface area contributed by atoms with Crippen molar-refractivity contribution in [3.05, 3.63) is 23.3 Å². The largest absolute Gasteiger partial charge is 0.328 e. The van der Waals surface area contributed by atoms with E-state index in [1.165, 1.54) is 51.4 Å². The normalized spacial score (nSPS) is 54.9. The predicted molar refractivity (Wildman–Crippen MR) is 104 cm³/mol. The maximum absolute atomic E-state index is 6.56. The van der Waals surface area contributed by atoms with Crippen LogP contribution < -0.4 is 11.5 Å². The molecular weight excluding hydrogens is 304 g/mol. The van der Waals surface area contributed by atoms with Gasteiger partial charge in [-0.15, -0.1) is 0 Å². The van der Waals surface area contributed by atoms with Gasteiger partial charge in [0.2, 0.25) is 0 Å². The van der Waals surface area contributed by atoms with Crippen molar-refractivity contribution >= 4 is 0 Å². The summed E-state index contributed by atoms with van der Waals surface area (Å²) < 4.78 is 0. The number of hydrogen-bond acceptors (Lipinski definition) is 2. The number of nitrogens with two attached hydrogens (primary N) is 2. The number of rotatable bonds is 1. The minimum absolute atomic E-state index is 0.333. The van der Waals surface area contributed by atoms with Gasteiger partial charge in [0.05, 0.1) is 0 Å². The van der Waals surface area contributed by atoms with E-state index in [0.29, 0.717) is 34.2 Å². The third kappa shape index (κ3) is 1.94. The fourth-order valence-corrected chi connectivity index (χ4v) is 8.14. The molecule has 3 fully saturated rings. The first-order valence-electron chi connectivity index (χ1n) is 10.7. The molecule has 4 N–H and O–H groups in total. The standard InChI is InChI=1S/C23H36N2/c1-14(24)18-5-6-19-17-9-11-23-13-22(23,3)20(25)7-4-16(23)12-15(17)8-10-21(18,19)2/h8,12,14,17-20H,4-7,9-11,13,24-25H2,1-3H3/t14-,17+,18+,19-,20-,21+,22-,23-/m0/s1. The summed E-state index contributed by atoms with van der Waals surface area (Å²) in [5.74, 6) is 2.32. The molecule has 138 valence electrons. The van der Waals surface area contributed by atoms with Crippen LogP contribution in [0.25, 0.3) is 0 Å². The molecule has 1 spiro atoms. The van der Waals surface area contributed by atoms with E-state index in [9.17, 15) is 0 Å². The lowest BCUT2D eigenvalue weighted by atomic mass is 9.60. The predicted octanol–water partition coefficient (Wildman–Crippen LogP) is 4.55. The Balaban J connectivity index is 1.50. The van der Waals surface area contributed by atoms with E-state index < -0.39 is 0 Å². The maximum atomic E-state index is 6.56. The third-order valence-corrected chi connectivity index (χ3v) is 9.83. The van der Waals surface area contributed by atoms with Crippen LogP contribution in [0.4, 0.5) is 0 Å². The van der Waals surface area contributed by atoms with Crippen molar-refractivity contribution in [3.63, 3.8) is 0 Å². The van der Waals surface area contributed by atoms with E-state index in [-0.39, 0.29) is 0 Å². The van der Waals surface area contributed by atoms with Crippen LogP contribution in [0.5, 0.6) is 0 Å². The van der Waals surface area contributed by atoms with Gasteiger partial charge >= 0.3 is 0 Å². The van der Waals surface area contributed by atoms with E-state index >= 15 is 0 Å². The third-order valence-electron chi connectivity index (χ3n) is 9.83.